The van der Waals surface area contributed by atoms with Gasteiger partial charge in [0, 0.05) is 28.9 Å². The summed E-state index contributed by atoms with van der Waals surface area (Å²) in [5.41, 5.74) is 0.853. The van der Waals surface area contributed by atoms with Gasteiger partial charge in [0.25, 0.3) is 0 Å². The summed E-state index contributed by atoms with van der Waals surface area (Å²) < 4.78 is 27.1. The van der Waals surface area contributed by atoms with Gasteiger partial charge in [-0.2, -0.15) is 9.97 Å². The van der Waals surface area contributed by atoms with Crippen molar-refractivity contribution in [3.05, 3.63) is 66.0 Å². The van der Waals surface area contributed by atoms with Gasteiger partial charge < -0.3 is 19.4 Å². The number of hydrogen-bond donors (Lipinski definition) is 1. The molecule has 0 bridgehead atoms. The molecular weight excluding hydrogens is 397 g/mol. The van der Waals surface area contributed by atoms with Crippen LogP contribution in [0.3, 0.4) is 0 Å². The van der Waals surface area contributed by atoms with Gasteiger partial charge in [0.05, 0.1) is 31.2 Å². The van der Waals surface area contributed by atoms with Gasteiger partial charge >= 0.3 is 6.01 Å². The summed E-state index contributed by atoms with van der Waals surface area (Å²) in [4.78, 5) is 12.7. The second kappa shape index (κ2) is 8.32. The Kier molecular flexibility index (Phi) is 5.44. The Balaban J connectivity index is 1.60. The van der Waals surface area contributed by atoms with E-state index in [0.29, 0.717) is 40.6 Å². The molecule has 2 aromatic heterocycles. The summed E-state index contributed by atoms with van der Waals surface area (Å²) >= 11 is 5.82. The van der Waals surface area contributed by atoms with E-state index in [2.05, 4.69) is 20.3 Å². The van der Waals surface area contributed by atoms with Crippen LogP contribution in [0.5, 0.6) is 11.8 Å². The molecule has 0 saturated heterocycles. The number of nitrogens with zero attached hydrogens (tertiary/aromatic N) is 4. The van der Waals surface area contributed by atoms with E-state index in [9.17, 15) is 4.39 Å². The number of benzene rings is 2. The second-order valence-electron chi connectivity index (χ2n) is 6.14. The number of imidazole rings is 1. The first kappa shape index (κ1) is 18.9. The highest BCUT2D eigenvalue weighted by molar-refractivity contribution is 6.30. The predicted molar refractivity (Wildman–Crippen MR) is 109 cm³/mol. The molecule has 0 fully saturated rings. The Morgan fingerprint density at radius 1 is 1.17 bits per heavy atom. The van der Waals surface area contributed by atoms with Crippen LogP contribution in [0.15, 0.2) is 55.1 Å². The summed E-state index contributed by atoms with van der Waals surface area (Å²) in [7, 11) is 1.47. The molecule has 29 heavy (non-hydrogen) atoms. The lowest BCUT2D eigenvalue weighted by atomic mass is 10.2. The van der Waals surface area contributed by atoms with Crippen molar-refractivity contribution in [1.82, 2.24) is 19.5 Å². The van der Waals surface area contributed by atoms with Crippen LogP contribution in [0.2, 0.25) is 5.02 Å². The standard InChI is InChI=1S/C20H17ClFN5O2/c1-28-20-25-18-11-14(29-9-8-27-7-6-23-12-27)3-4-15(18)19(26-20)24-17-5-2-13(21)10-16(17)22/h2-7,10-12H,8-9H2,1H3,(H,24,25,26). The van der Waals surface area contributed by atoms with Gasteiger partial charge in [0.2, 0.25) is 0 Å². The van der Waals surface area contributed by atoms with Crippen LogP contribution in [0.4, 0.5) is 15.9 Å². The van der Waals surface area contributed by atoms with Crippen LogP contribution in [0.25, 0.3) is 10.9 Å². The zero-order valence-corrected chi connectivity index (χ0v) is 16.2. The number of hydrogen-bond acceptors (Lipinski definition) is 6. The Hall–Kier alpha value is -3.39. The van der Waals surface area contributed by atoms with Crippen molar-refractivity contribution in [3.8, 4) is 11.8 Å². The normalized spacial score (nSPS) is 10.9. The van der Waals surface area contributed by atoms with E-state index >= 15 is 0 Å². The first-order valence-electron chi connectivity index (χ1n) is 8.79. The quantitative estimate of drug-likeness (QED) is 0.482. The van der Waals surface area contributed by atoms with Gasteiger partial charge in [0.1, 0.15) is 24.0 Å². The van der Waals surface area contributed by atoms with Crippen LogP contribution < -0.4 is 14.8 Å². The lowest BCUT2D eigenvalue weighted by Gasteiger charge is -2.12. The molecule has 0 saturated carbocycles. The fraction of sp³-hybridized carbons (Fsp3) is 0.150. The number of rotatable bonds is 7. The largest absolute Gasteiger partial charge is 0.492 e. The van der Waals surface area contributed by atoms with Crippen molar-refractivity contribution in [2.45, 2.75) is 6.54 Å². The maximum Gasteiger partial charge on any atom is 0.318 e. The van der Waals surface area contributed by atoms with E-state index in [1.54, 1.807) is 30.7 Å². The van der Waals surface area contributed by atoms with Gasteiger partial charge in [0.15, 0.2) is 0 Å². The topological polar surface area (TPSA) is 74.1 Å². The zero-order chi connectivity index (χ0) is 20.2. The van der Waals surface area contributed by atoms with Crippen molar-refractivity contribution in [2.75, 3.05) is 19.0 Å². The smallest absolute Gasteiger partial charge is 0.318 e. The first-order valence-corrected chi connectivity index (χ1v) is 9.16. The van der Waals surface area contributed by atoms with Gasteiger partial charge in [-0.15, -0.1) is 0 Å². The van der Waals surface area contributed by atoms with Gasteiger partial charge in [-0.3, -0.25) is 0 Å². The molecule has 4 rings (SSSR count). The minimum absolute atomic E-state index is 0.157. The molecule has 1 N–H and O–H groups in total. The van der Waals surface area contributed by atoms with Crippen molar-refractivity contribution in [3.63, 3.8) is 0 Å². The third-order valence-corrected chi connectivity index (χ3v) is 4.43. The Labute approximate surface area is 171 Å². The second-order valence-corrected chi connectivity index (χ2v) is 6.57. The summed E-state index contributed by atoms with van der Waals surface area (Å²) in [6.07, 6.45) is 5.32. The molecular formula is C20H17ClFN5O2. The average Bonchev–Trinajstić information content (AvgIpc) is 3.23. The minimum Gasteiger partial charge on any atom is -0.492 e. The highest BCUT2D eigenvalue weighted by atomic mass is 35.5. The Bertz CT molecular complexity index is 1140. The molecule has 0 aliphatic carbocycles. The molecule has 0 atom stereocenters. The highest BCUT2D eigenvalue weighted by Crippen LogP contribution is 2.30. The lowest BCUT2D eigenvalue weighted by Crippen LogP contribution is -2.06. The molecule has 0 unspecified atom stereocenters. The van der Waals surface area contributed by atoms with E-state index in [4.69, 9.17) is 21.1 Å². The summed E-state index contributed by atoms with van der Waals surface area (Å²) in [5.74, 6) is 0.586. The highest BCUT2D eigenvalue weighted by Gasteiger charge is 2.12. The first-order chi connectivity index (χ1) is 14.1. The molecule has 0 aliphatic rings. The Morgan fingerprint density at radius 2 is 2.07 bits per heavy atom. The van der Waals surface area contributed by atoms with Crippen LogP contribution in [-0.4, -0.2) is 33.2 Å². The van der Waals surface area contributed by atoms with Crippen LogP contribution >= 0.6 is 11.6 Å². The van der Waals surface area contributed by atoms with Gasteiger partial charge in [-0.25, -0.2) is 9.37 Å². The number of aromatic nitrogens is 4. The predicted octanol–water partition coefficient (Wildman–Crippen LogP) is 4.45. The molecule has 2 heterocycles. The van der Waals surface area contributed by atoms with Crippen LogP contribution in [-0.2, 0) is 6.54 Å². The third kappa shape index (κ3) is 4.38. The molecule has 0 spiro atoms. The zero-order valence-electron chi connectivity index (χ0n) is 15.5. The fourth-order valence-electron chi connectivity index (χ4n) is 2.77. The van der Waals surface area contributed by atoms with E-state index in [0.717, 1.165) is 0 Å². The van der Waals surface area contributed by atoms with Crippen molar-refractivity contribution < 1.29 is 13.9 Å². The van der Waals surface area contributed by atoms with Gasteiger partial charge in [-0.1, -0.05) is 11.6 Å². The summed E-state index contributed by atoms with van der Waals surface area (Å²) in [6, 6.07) is 9.95. The van der Waals surface area contributed by atoms with Crippen molar-refractivity contribution >= 4 is 34.0 Å². The van der Waals surface area contributed by atoms with E-state index in [1.165, 1.54) is 13.2 Å². The van der Waals surface area contributed by atoms with E-state index < -0.39 is 5.82 Å². The van der Waals surface area contributed by atoms with Gasteiger partial charge in [-0.05, 0) is 30.3 Å². The SMILES string of the molecule is COc1nc(Nc2ccc(Cl)cc2F)c2ccc(OCCn3ccnc3)cc2n1. The number of halogens is 2. The number of anilines is 2. The minimum atomic E-state index is -0.484. The monoisotopic (exact) mass is 413 g/mol. The lowest BCUT2D eigenvalue weighted by molar-refractivity contribution is 0.298. The third-order valence-electron chi connectivity index (χ3n) is 4.19. The van der Waals surface area contributed by atoms with Crippen molar-refractivity contribution in [1.29, 1.82) is 0 Å². The summed E-state index contributed by atoms with van der Waals surface area (Å²) in [5, 5.41) is 3.99. The summed E-state index contributed by atoms with van der Waals surface area (Å²) in [6.45, 7) is 1.15. The van der Waals surface area contributed by atoms with Crippen LogP contribution in [0, 0.1) is 5.82 Å². The number of ether oxygens (including phenoxy) is 2. The number of methoxy groups -OCH3 is 1. The maximum absolute atomic E-state index is 14.2. The van der Waals surface area contributed by atoms with Crippen LogP contribution in [0.1, 0.15) is 0 Å². The Morgan fingerprint density at radius 3 is 2.83 bits per heavy atom. The molecule has 4 aromatic rings. The number of fused-ring (bicyclic) bond motifs is 1. The molecule has 7 nitrogen and oxygen atoms in total. The molecule has 0 radical (unpaired) electrons. The molecule has 148 valence electrons. The maximum atomic E-state index is 14.2. The van der Waals surface area contributed by atoms with E-state index in [1.807, 2.05) is 22.9 Å². The average molecular weight is 414 g/mol. The molecule has 0 aliphatic heterocycles. The molecule has 0 amide bonds. The van der Waals surface area contributed by atoms with E-state index in [-0.39, 0.29) is 11.7 Å². The fourth-order valence-corrected chi connectivity index (χ4v) is 2.93. The van der Waals surface area contributed by atoms with Crippen molar-refractivity contribution in [2.24, 2.45) is 0 Å². The molecule has 9 heteroatoms. The number of nitrogens with one attached hydrogen (secondary N) is 1. The molecule has 2 aromatic carbocycles.